The van der Waals surface area contributed by atoms with Gasteiger partial charge in [-0.2, -0.15) is 0 Å². The molecular formula is C28H37N5O4. The molecule has 198 valence electrons. The minimum absolute atomic E-state index is 0.186. The minimum Gasteiger partial charge on any atom is -0.496 e. The third kappa shape index (κ3) is 5.56. The van der Waals surface area contributed by atoms with Gasteiger partial charge in [0.15, 0.2) is 11.5 Å². The van der Waals surface area contributed by atoms with Crippen LogP contribution in [0.15, 0.2) is 36.4 Å². The quantitative estimate of drug-likeness (QED) is 0.427. The number of nitrogens with two attached hydrogens (primary N) is 1. The summed E-state index contributed by atoms with van der Waals surface area (Å²) in [6.45, 7) is 4.62. The van der Waals surface area contributed by atoms with Crippen LogP contribution < -0.4 is 25.3 Å². The van der Waals surface area contributed by atoms with Gasteiger partial charge in [0.05, 0.1) is 33.4 Å². The van der Waals surface area contributed by atoms with E-state index in [1.165, 1.54) is 0 Å². The maximum Gasteiger partial charge on any atom is 0.222 e. The van der Waals surface area contributed by atoms with Crippen LogP contribution in [0.1, 0.15) is 44.0 Å². The van der Waals surface area contributed by atoms with E-state index in [0.29, 0.717) is 48.2 Å². The number of anilines is 1. The maximum absolute atomic E-state index is 12.5. The van der Waals surface area contributed by atoms with Crippen molar-refractivity contribution in [3.8, 4) is 17.2 Å². The zero-order chi connectivity index (χ0) is 26.4. The average Bonchev–Trinajstić information content (AvgIpc) is 2.92. The number of likely N-dealkylation sites (tertiary alicyclic amines) is 1. The van der Waals surface area contributed by atoms with Crippen LogP contribution in [0.5, 0.6) is 17.2 Å². The summed E-state index contributed by atoms with van der Waals surface area (Å²) < 4.78 is 16.5. The summed E-state index contributed by atoms with van der Waals surface area (Å²) >= 11 is 0. The van der Waals surface area contributed by atoms with Crippen molar-refractivity contribution in [1.29, 1.82) is 0 Å². The van der Waals surface area contributed by atoms with Crippen molar-refractivity contribution in [2.75, 3.05) is 46.7 Å². The molecule has 1 aliphatic rings. The first kappa shape index (κ1) is 26.5. The summed E-state index contributed by atoms with van der Waals surface area (Å²) in [4.78, 5) is 23.8. The first-order chi connectivity index (χ1) is 17.9. The molecule has 37 heavy (non-hydrogen) atoms. The number of benzene rings is 2. The molecule has 2 heterocycles. The summed E-state index contributed by atoms with van der Waals surface area (Å²) in [6, 6.07) is 11.8. The highest BCUT2D eigenvalue weighted by molar-refractivity contribution is 5.90. The zero-order valence-corrected chi connectivity index (χ0v) is 22.2. The molecule has 0 atom stereocenters. The fourth-order valence-corrected chi connectivity index (χ4v) is 5.20. The van der Waals surface area contributed by atoms with Gasteiger partial charge in [-0.25, -0.2) is 9.97 Å². The van der Waals surface area contributed by atoms with Crippen molar-refractivity contribution in [2.24, 2.45) is 0 Å². The van der Waals surface area contributed by atoms with Crippen LogP contribution in [-0.4, -0.2) is 61.7 Å². The smallest absolute Gasteiger partial charge is 0.222 e. The van der Waals surface area contributed by atoms with Gasteiger partial charge in [-0.3, -0.25) is 4.79 Å². The number of ether oxygens (including phenoxy) is 3. The first-order valence-corrected chi connectivity index (χ1v) is 12.7. The molecule has 1 amide bonds. The molecule has 1 aliphatic heterocycles. The van der Waals surface area contributed by atoms with Crippen molar-refractivity contribution >= 4 is 22.6 Å². The molecule has 0 aliphatic carbocycles. The van der Waals surface area contributed by atoms with Crippen LogP contribution in [0.25, 0.3) is 10.9 Å². The number of hydrogen-bond donors (Lipinski definition) is 2. The van der Waals surface area contributed by atoms with E-state index in [1.54, 1.807) is 27.4 Å². The minimum atomic E-state index is -0.186. The van der Waals surface area contributed by atoms with Crippen LogP contribution >= 0.6 is 0 Å². The van der Waals surface area contributed by atoms with Crippen molar-refractivity contribution in [1.82, 2.24) is 20.2 Å². The summed E-state index contributed by atoms with van der Waals surface area (Å²) in [7, 11) is 4.88. The third-order valence-corrected chi connectivity index (χ3v) is 7.24. The molecule has 0 spiro atoms. The van der Waals surface area contributed by atoms with Crippen molar-refractivity contribution in [3.63, 3.8) is 0 Å². The van der Waals surface area contributed by atoms with Gasteiger partial charge in [-0.05, 0) is 31.4 Å². The van der Waals surface area contributed by atoms with E-state index in [9.17, 15) is 4.79 Å². The largest absolute Gasteiger partial charge is 0.496 e. The number of carbonyl (C=O) groups excluding carboxylic acids is 1. The van der Waals surface area contributed by atoms with Gasteiger partial charge in [0.1, 0.15) is 17.4 Å². The van der Waals surface area contributed by atoms with Crippen LogP contribution in [0.2, 0.25) is 0 Å². The van der Waals surface area contributed by atoms with Crippen LogP contribution in [-0.2, 0) is 16.8 Å². The Bertz CT molecular complexity index is 1240. The summed E-state index contributed by atoms with van der Waals surface area (Å²) in [6.07, 6.45) is 3.14. The second kappa shape index (κ2) is 11.6. The number of nitrogens with one attached hydrogen (secondary N) is 1. The summed E-state index contributed by atoms with van der Waals surface area (Å²) in [5.41, 5.74) is 7.95. The zero-order valence-electron chi connectivity index (χ0n) is 22.2. The highest BCUT2D eigenvalue weighted by atomic mass is 16.5. The second-order valence-corrected chi connectivity index (χ2v) is 9.46. The van der Waals surface area contributed by atoms with E-state index >= 15 is 0 Å². The summed E-state index contributed by atoms with van der Waals surface area (Å²) in [5.74, 6) is 3.26. The van der Waals surface area contributed by atoms with Crippen molar-refractivity contribution < 1.29 is 19.0 Å². The van der Waals surface area contributed by atoms with Crippen LogP contribution in [0.3, 0.4) is 0 Å². The Morgan fingerprint density at radius 2 is 1.70 bits per heavy atom. The number of nitrogens with zero attached hydrogens (tertiary/aromatic N) is 3. The number of para-hydroxylation sites is 1. The third-order valence-electron chi connectivity index (χ3n) is 7.24. The molecule has 0 saturated carbocycles. The molecule has 0 bridgehead atoms. The van der Waals surface area contributed by atoms with Crippen molar-refractivity contribution in [3.05, 3.63) is 47.8 Å². The van der Waals surface area contributed by atoms with E-state index in [-0.39, 0.29) is 11.3 Å². The fourth-order valence-electron chi connectivity index (χ4n) is 5.20. The Balaban J connectivity index is 1.55. The number of rotatable bonds is 10. The predicted molar refractivity (Wildman–Crippen MR) is 144 cm³/mol. The lowest BCUT2D eigenvalue weighted by Gasteiger charge is -2.43. The number of piperidine rings is 1. The number of amides is 1. The fraction of sp³-hybridized carbons (Fsp3) is 0.464. The van der Waals surface area contributed by atoms with E-state index in [4.69, 9.17) is 24.9 Å². The molecule has 1 saturated heterocycles. The van der Waals surface area contributed by atoms with Crippen LogP contribution in [0, 0.1) is 0 Å². The molecule has 1 fully saturated rings. The van der Waals surface area contributed by atoms with Gasteiger partial charge in [0.2, 0.25) is 5.91 Å². The van der Waals surface area contributed by atoms with E-state index in [1.807, 2.05) is 36.1 Å². The first-order valence-electron chi connectivity index (χ1n) is 12.7. The maximum atomic E-state index is 12.5. The number of methoxy groups -OCH3 is 3. The normalized spacial score (nSPS) is 15.0. The molecule has 9 heteroatoms. The molecule has 4 rings (SSSR count). The average molecular weight is 508 g/mol. The number of carbonyl (C=O) groups is 1. The predicted octanol–water partition coefficient (Wildman–Crippen LogP) is 3.69. The van der Waals surface area contributed by atoms with Gasteiger partial charge in [0, 0.05) is 48.5 Å². The molecule has 0 unspecified atom stereocenters. The van der Waals surface area contributed by atoms with Gasteiger partial charge >= 0.3 is 0 Å². The Morgan fingerprint density at radius 3 is 2.38 bits per heavy atom. The lowest BCUT2D eigenvalue weighted by molar-refractivity contribution is -0.132. The molecule has 0 radical (unpaired) electrons. The lowest BCUT2D eigenvalue weighted by Crippen LogP contribution is -2.49. The molecule has 3 aromatic rings. The number of hydrogen-bond acceptors (Lipinski definition) is 8. The highest BCUT2D eigenvalue weighted by Crippen LogP contribution is 2.40. The number of aromatic nitrogens is 2. The van der Waals surface area contributed by atoms with Crippen LogP contribution in [0.4, 0.5) is 5.82 Å². The van der Waals surface area contributed by atoms with Gasteiger partial charge in [-0.1, -0.05) is 25.1 Å². The lowest BCUT2D eigenvalue weighted by atomic mass is 9.72. The molecule has 3 N–H and O–H groups in total. The topological polar surface area (TPSA) is 112 Å². The van der Waals surface area contributed by atoms with E-state index in [0.717, 1.165) is 49.1 Å². The Hall–Kier alpha value is -3.59. The summed E-state index contributed by atoms with van der Waals surface area (Å²) in [5, 5.41) is 4.30. The van der Waals surface area contributed by atoms with E-state index in [2.05, 4.69) is 16.4 Å². The Kier molecular flexibility index (Phi) is 8.33. The van der Waals surface area contributed by atoms with Gasteiger partial charge < -0.3 is 30.2 Å². The number of nitrogen functional groups attached to an aromatic ring is 1. The van der Waals surface area contributed by atoms with Gasteiger partial charge in [0.25, 0.3) is 0 Å². The monoisotopic (exact) mass is 507 g/mol. The number of fused-ring (bicyclic) bond motifs is 1. The molecule has 9 nitrogen and oxygen atoms in total. The standard InChI is InChI=1S/C28H37N5O4/c1-5-8-26(34)33-13-11-28(12-14-33,20-9-6-7-10-22(20)35-2)18-30-17-25-31-21-16-24(37-4)23(36-3)15-19(21)27(29)32-25/h6-7,9-10,15-16,30H,5,8,11-14,17-18H2,1-4H3,(H2,29,31,32). The SMILES string of the molecule is CCCC(=O)N1CCC(CNCc2nc(N)c3cc(OC)c(OC)cc3n2)(c2ccccc2OC)CC1. The van der Waals surface area contributed by atoms with Crippen molar-refractivity contribution in [2.45, 2.75) is 44.6 Å². The highest BCUT2D eigenvalue weighted by Gasteiger charge is 2.39. The van der Waals surface area contributed by atoms with Gasteiger partial charge in [-0.15, -0.1) is 0 Å². The molecular weight excluding hydrogens is 470 g/mol. The molecule has 1 aromatic heterocycles. The van der Waals surface area contributed by atoms with E-state index < -0.39 is 0 Å². The molecule has 2 aromatic carbocycles. The second-order valence-electron chi connectivity index (χ2n) is 9.46. The Morgan fingerprint density at radius 1 is 1.03 bits per heavy atom. The Labute approximate surface area is 218 Å².